The van der Waals surface area contributed by atoms with Gasteiger partial charge in [0, 0.05) is 11.8 Å². The molecule has 15 heavy (non-hydrogen) atoms. The second-order valence-electron chi connectivity index (χ2n) is 3.00. The maximum Gasteiger partial charge on any atom is 0.226 e. The zero-order chi connectivity index (χ0) is 10.7. The second-order valence-corrected chi connectivity index (χ2v) is 4.05. The van der Waals surface area contributed by atoms with Gasteiger partial charge in [0.05, 0.1) is 5.75 Å². The van der Waals surface area contributed by atoms with E-state index in [2.05, 4.69) is 10.2 Å². The SMILES string of the molecule is Cc1nnc(CSc2cccc(O)c2)o1. The smallest absolute Gasteiger partial charge is 0.226 e. The van der Waals surface area contributed by atoms with E-state index in [4.69, 9.17) is 4.42 Å². The third-order valence-electron chi connectivity index (χ3n) is 1.75. The summed E-state index contributed by atoms with van der Waals surface area (Å²) in [4.78, 5) is 0.978. The highest BCUT2D eigenvalue weighted by atomic mass is 32.2. The maximum atomic E-state index is 9.25. The van der Waals surface area contributed by atoms with Crippen LogP contribution in [-0.2, 0) is 5.75 Å². The van der Waals surface area contributed by atoms with E-state index in [0.29, 0.717) is 17.5 Å². The molecule has 1 N–H and O–H groups in total. The van der Waals surface area contributed by atoms with Crippen LogP contribution in [0.2, 0.25) is 0 Å². The largest absolute Gasteiger partial charge is 0.508 e. The fraction of sp³-hybridized carbons (Fsp3) is 0.200. The van der Waals surface area contributed by atoms with Gasteiger partial charge in [-0.3, -0.25) is 0 Å². The standard InChI is InChI=1S/C10H10N2O2S/c1-7-11-12-10(14-7)6-15-9-4-2-3-8(13)5-9/h2-5,13H,6H2,1H3. The van der Waals surface area contributed by atoms with E-state index in [-0.39, 0.29) is 5.75 Å². The maximum absolute atomic E-state index is 9.25. The summed E-state index contributed by atoms with van der Waals surface area (Å²) in [6.07, 6.45) is 0. The van der Waals surface area contributed by atoms with Crippen molar-refractivity contribution in [1.29, 1.82) is 0 Å². The molecule has 0 aliphatic carbocycles. The number of phenols is 1. The van der Waals surface area contributed by atoms with Crippen molar-refractivity contribution in [2.24, 2.45) is 0 Å². The van der Waals surface area contributed by atoms with Gasteiger partial charge in [0.25, 0.3) is 0 Å². The van der Waals surface area contributed by atoms with Crippen molar-refractivity contribution < 1.29 is 9.52 Å². The van der Waals surface area contributed by atoms with E-state index >= 15 is 0 Å². The van der Waals surface area contributed by atoms with Crippen molar-refractivity contribution in [2.45, 2.75) is 17.6 Å². The number of thioether (sulfide) groups is 1. The Bertz CT molecular complexity index is 456. The fourth-order valence-corrected chi connectivity index (χ4v) is 1.90. The zero-order valence-corrected chi connectivity index (χ0v) is 8.99. The molecule has 0 bridgehead atoms. The number of nitrogens with zero attached hydrogens (tertiary/aromatic N) is 2. The lowest BCUT2D eigenvalue weighted by atomic mass is 10.3. The monoisotopic (exact) mass is 222 g/mol. The van der Waals surface area contributed by atoms with E-state index in [9.17, 15) is 5.11 Å². The Balaban J connectivity index is 1.99. The first-order valence-electron chi connectivity index (χ1n) is 4.45. The van der Waals surface area contributed by atoms with Gasteiger partial charge in [-0.25, -0.2) is 0 Å². The predicted octanol–water partition coefficient (Wildman–Crippen LogP) is 2.38. The summed E-state index contributed by atoms with van der Waals surface area (Å²) in [5.41, 5.74) is 0. The van der Waals surface area contributed by atoms with E-state index in [1.807, 2.05) is 6.07 Å². The lowest BCUT2D eigenvalue weighted by Gasteiger charge is -1.98. The van der Waals surface area contributed by atoms with Gasteiger partial charge in [-0.2, -0.15) is 0 Å². The van der Waals surface area contributed by atoms with E-state index in [1.54, 1.807) is 36.9 Å². The van der Waals surface area contributed by atoms with Crippen LogP contribution in [0.4, 0.5) is 0 Å². The lowest BCUT2D eigenvalue weighted by molar-refractivity contribution is 0.473. The normalized spacial score (nSPS) is 10.5. The van der Waals surface area contributed by atoms with Crippen molar-refractivity contribution >= 4 is 11.8 Å². The van der Waals surface area contributed by atoms with Crippen LogP contribution in [-0.4, -0.2) is 15.3 Å². The molecule has 0 unspecified atom stereocenters. The summed E-state index contributed by atoms with van der Waals surface area (Å²) >= 11 is 1.54. The number of phenolic OH excluding ortho intramolecular Hbond substituents is 1. The van der Waals surface area contributed by atoms with Gasteiger partial charge in [-0.05, 0) is 18.2 Å². The topological polar surface area (TPSA) is 59.2 Å². The number of aryl methyl sites for hydroxylation is 1. The molecule has 0 spiro atoms. The third-order valence-corrected chi connectivity index (χ3v) is 2.73. The molecule has 4 nitrogen and oxygen atoms in total. The van der Waals surface area contributed by atoms with Crippen LogP contribution in [0.5, 0.6) is 5.75 Å². The summed E-state index contributed by atoms with van der Waals surface area (Å²) in [7, 11) is 0. The van der Waals surface area contributed by atoms with Crippen LogP contribution in [0.3, 0.4) is 0 Å². The number of benzene rings is 1. The summed E-state index contributed by atoms with van der Waals surface area (Å²) in [6.45, 7) is 1.76. The third kappa shape index (κ3) is 2.73. The Morgan fingerprint density at radius 3 is 2.93 bits per heavy atom. The minimum atomic E-state index is 0.265. The predicted molar refractivity (Wildman–Crippen MR) is 56.7 cm³/mol. The molecule has 0 saturated carbocycles. The van der Waals surface area contributed by atoms with E-state index in [1.165, 1.54) is 0 Å². The van der Waals surface area contributed by atoms with Gasteiger partial charge >= 0.3 is 0 Å². The van der Waals surface area contributed by atoms with Crippen LogP contribution in [0, 0.1) is 6.92 Å². The molecule has 0 aliphatic heterocycles. The Hall–Kier alpha value is -1.49. The molecule has 5 heteroatoms. The molecule has 1 heterocycles. The van der Waals surface area contributed by atoms with Crippen molar-refractivity contribution in [1.82, 2.24) is 10.2 Å². The first kappa shape index (κ1) is 10.0. The molecule has 1 aromatic heterocycles. The van der Waals surface area contributed by atoms with Gasteiger partial charge in [-0.15, -0.1) is 22.0 Å². The second kappa shape index (κ2) is 4.35. The zero-order valence-electron chi connectivity index (χ0n) is 8.17. The molecule has 0 atom stereocenters. The first-order valence-corrected chi connectivity index (χ1v) is 5.43. The molecule has 0 saturated heterocycles. The van der Waals surface area contributed by atoms with Gasteiger partial charge in [0.2, 0.25) is 11.8 Å². The van der Waals surface area contributed by atoms with Crippen LogP contribution >= 0.6 is 11.8 Å². The van der Waals surface area contributed by atoms with E-state index in [0.717, 1.165) is 4.90 Å². The highest BCUT2D eigenvalue weighted by molar-refractivity contribution is 7.98. The molecule has 2 aromatic rings. The number of rotatable bonds is 3. The quantitative estimate of drug-likeness (QED) is 0.808. The lowest BCUT2D eigenvalue weighted by Crippen LogP contribution is -1.80. The number of hydrogen-bond donors (Lipinski definition) is 1. The minimum absolute atomic E-state index is 0.265. The average Bonchev–Trinajstić information content (AvgIpc) is 2.62. The summed E-state index contributed by atoms with van der Waals surface area (Å²) in [5.74, 6) is 2.05. The minimum Gasteiger partial charge on any atom is -0.508 e. The fourth-order valence-electron chi connectivity index (χ4n) is 1.11. The summed E-state index contributed by atoms with van der Waals surface area (Å²) < 4.78 is 5.23. The first-order chi connectivity index (χ1) is 7.24. The van der Waals surface area contributed by atoms with Crippen molar-refractivity contribution in [2.75, 3.05) is 0 Å². The van der Waals surface area contributed by atoms with Crippen LogP contribution in [0.25, 0.3) is 0 Å². The van der Waals surface area contributed by atoms with Gasteiger partial charge < -0.3 is 9.52 Å². The number of hydrogen-bond acceptors (Lipinski definition) is 5. The van der Waals surface area contributed by atoms with Crippen LogP contribution in [0.15, 0.2) is 33.6 Å². The molecular weight excluding hydrogens is 212 g/mol. The van der Waals surface area contributed by atoms with E-state index < -0.39 is 0 Å². The Morgan fingerprint density at radius 2 is 2.27 bits per heavy atom. The highest BCUT2D eigenvalue weighted by Gasteiger charge is 2.03. The molecule has 1 aromatic carbocycles. The Kier molecular flexibility index (Phi) is 2.91. The van der Waals surface area contributed by atoms with Crippen molar-refractivity contribution in [3.63, 3.8) is 0 Å². The molecule has 0 radical (unpaired) electrons. The van der Waals surface area contributed by atoms with Crippen LogP contribution in [0.1, 0.15) is 11.8 Å². The van der Waals surface area contributed by atoms with Gasteiger partial charge in [0.1, 0.15) is 5.75 Å². The summed E-state index contributed by atoms with van der Waals surface area (Å²) in [5, 5.41) is 16.9. The molecular formula is C10H10N2O2S. The van der Waals surface area contributed by atoms with Crippen molar-refractivity contribution in [3.05, 3.63) is 36.0 Å². The van der Waals surface area contributed by atoms with Crippen LogP contribution < -0.4 is 0 Å². The summed E-state index contributed by atoms with van der Waals surface area (Å²) in [6, 6.07) is 7.07. The number of aromatic hydroxyl groups is 1. The van der Waals surface area contributed by atoms with Gasteiger partial charge in [0.15, 0.2) is 0 Å². The molecule has 78 valence electrons. The molecule has 0 amide bonds. The average molecular weight is 222 g/mol. The Labute approximate surface area is 91.3 Å². The molecule has 0 aliphatic rings. The molecule has 0 fully saturated rings. The highest BCUT2D eigenvalue weighted by Crippen LogP contribution is 2.24. The molecule has 2 rings (SSSR count). The van der Waals surface area contributed by atoms with Crippen molar-refractivity contribution in [3.8, 4) is 5.75 Å². The Morgan fingerprint density at radius 1 is 1.40 bits per heavy atom. The number of aromatic nitrogens is 2. The van der Waals surface area contributed by atoms with Gasteiger partial charge in [-0.1, -0.05) is 6.07 Å².